The lowest BCUT2D eigenvalue weighted by atomic mass is 9.96. The lowest BCUT2D eigenvalue weighted by Crippen LogP contribution is -2.36. The quantitative estimate of drug-likeness (QED) is 0.898. The van der Waals surface area contributed by atoms with E-state index in [9.17, 15) is 4.79 Å². The van der Waals surface area contributed by atoms with E-state index in [-0.39, 0.29) is 5.91 Å². The Morgan fingerprint density at radius 3 is 2.91 bits per heavy atom. The molecular weight excluding hydrogens is 322 g/mol. The zero-order chi connectivity index (χ0) is 15.5. The van der Waals surface area contributed by atoms with Crippen LogP contribution in [0.25, 0.3) is 0 Å². The Morgan fingerprint density at radius 2 is 2.27 bits per heavy atom. The standard InChI is InChI=1S/C14H18ClN5OS/c1-9(21)20-6-4-10(5-7-20)13-17-14(19-18-13)16-8-11-2-3-12(15)22-11/h2-3,10H,4-8H2,1H3,(H2,16,17,18,19). The summed E-state index contributed by atoms with van der Waals surface area (Å²) in [6.45, 7) is 3.86. The molecule has 1 amide bonds. The second kappa shape index (κ2) is 6.66. The van der Waals surface area contributed by atoms with Gasteiger partial charge in [-0.15, -0.1) is 11.3 Å². The van der Waals surface area contributed by atoms with Crippen LogP contribution in [0.4, 0.5) is 5.95 Å². The number of halogens is 1. The minimum Gasteiger partial charge on any atom is -0.350 e. The molecule has 0 bridgehead atoms. The lowest BCUT2D eigenvalue weighted by Gasteiger charge is -2.29. The van der Waals surface area contributed by atoms with Gasteiger partial charge in [-0.05, 0) is 25.0 Å². The summed E-state index contributed by atoms with van der Waals surface area (Å²) in [5.74, 6) is 1.97. The van der Waals surface area contributed by atoms with E-state index < -0.39 is 0 Å². The van der Waals surface area contributed by atoms with Crippen molar-refractivity contribution in [3.63, 3.8) is 0 Å². The topological polar surface area (TPSA) is 73.9 Å². The van der Waals surface area contributed by atoms with Crippen LogP contribution in [0.1, 0.15) is 36.4 Å². The van der Waals surface area contributed by atoms with Crippen LogP contribution < -0.4 is 5.32 Å². The molecule has 118 valence electrons. The summed E-state index contributed by atoms with van der Waals surface area (Å²) in [5.41, 5.74) is 0. The van der Waals surface area contributed by atoms with Crippen LogP contribution in [0.5, 0.6) is 0 Å². The number of thiophene rings is 1. The highest BCUT2D eigenvalue weighted by Gasteiger charge is 2.24. The van der Waals surface area contributed by atoms with Gasteiger partial charge in [0, 0.05) is 30.8 Å². The summed E-state index contributed by atoms with van der Waals surface area (Å²) in [6, 6.07) is 3.88. The number of carbonyl (C=O) groups is 1. The molecule has 1 aliphatic rings. The van der Waals surface area contributed by atoms with Gasteiger partial charge in [-0.1, -0.05) is 11.6 Å². The predicted molar refractivity (Wildman–Crippen MR) is 87.3 cm³/mol. The number of nitrogens with zero attached hydrogens (tertiary/aromatic N) is 3. The Balaban J connectivity index is 1.54. The average molecular weight is 340 g/mol. The molecule has 2 aromatic heterocycles. The molecule has 0 spiro atoms. The molecule has 0 atom stereocenters. The number of anilines is 1. The van der Waals surface area contributed by atoms with E-state index in [1.54, 1.807) is 18.3 Å². The van der Waals surface area contributed by atoms with Gasteiger partial charge in [-0.25, -0.2) is 5.10 Å². The fourth-order valence-corrected chi connectivity index (χ4v) is 3.63. The van der Waals surface area contributed by atoms with E-state index in [1.807, 2.05) is 17.0 Å². The van der Waals surface area contributed by atoms with Crippen molar-refractivity contribution in [3.05, 3.63) is 27.2 Å². The minimum absolute atomic E-state index is 0.144. The molecule has 1 fully saturated rings. The number of aromatic amines is 1. The number of rotatable bonds is 4. The van der Waals surface area contributed by atoms with Crippen molar-refractivity contribution in [1.82, 2.24) is 20.1 Å². The summed E-state index contributed by atoms with van der Waals surface area (Å²) in [6.07, 6.45) is 1.83. The van der Waals surface area contributed by atoms with Crippen LogP contribution in [0.15, 0.2) is 12.1 Å². The molecule has 2 N–H and O–H groups in total. The molecular formula is C14H18ClN5OS. The highest BCUT2D eigenvalue weighted by Crippen LogP contribution is 2.26. The number of nitrogens with one attached hydrogen (secondary N) is 2. The fraction of sp³-hybridized carbons (Fsp3) is 0.500. The fourth-order valence-electron chi connectivity index (χ4n) is 2.61. The van der Waals surface area contributed by atoms with Crippen LogP contribution in [0, 0.1) is 0 Å². The van der Waals surface area contributed by atoms with Crippen molar-refractivity contribution in [1.29, 1.82) is 0 Å². The van der Waals surface area contributed by atoms with E-state index in [0.717, 1.165) is 41.0 Å². The molecule has 0 aliphatic carbocycles. The number of carbonyl (C=O) groups excluding carboxylic acids is 1. The van der Waals surface area contributed by atoms with E-state index in [0.29, 0.717) is 18.4 Å². The molecule has 0 saturated carbocycles. The van der Waals surface area contributed by atoms with Crippen molar-refractivity contribution < 1.29 is 4.79 Å². The number of H-pyrrole nitrogens is 1. The van der Waals surface area contributed by atoms with E-state index in [4.69, 9.17) is 11.6 Å². The van der Waals surface area contributed by atoms with Gasteiger partial charge >= 0.3 is 0 Å². The molecule has 8 heteroatoms. The van der Waals surface area contributed by atoms with Crippen molar-refractivity contribution >= 4 is 34.8 Å². The number of hydrogen-bond acceptors (Lipinski definition) is 5. The molecule has 1 saturated heterocycles. The van der Waals surface area contributed by atoms with E-state index >= 15 is 0 Å². The van der Waals surface area contributed by atoms with Gasteiger partial charge in [0.2, 0.25) is 11.9 Å². The molecule has 0 radical (unpaired) electrons. The second-order valence-corrected chi connectivity index (χ2v) is 7.18. The van der Waals surface area contributed by atoms with Gasteiger partial charge in [0.15, 0.2) is 5.82 Å². The molecule has 2 aromatic rings. The third kappa shape index (κ3) is 3.59. The van der Waals surface area contributed by atoms with Crippen LogP contribution in [-0.4, -0.2) is 39.1 Å². The first kappa shape index (κ1) is 15.3. The Morgan fingerprint density at radius 1 is 1.50 bits per heavy atom. The van der Waals surface area contributed by atoms with E-state index in [1.165, 1.54) is 0 Å². The number of amides is 1. The maximum Gasteiger partial charge on any atom is 0.219 e. The van der Waals surface area contributed by atoms with Crippen LogP contribution >= 0.6 is 22.9 Å². The van der Waals surface area contributed by atoms with Crippen LogP contribution in [0.3, 0.4) is 0 Å². The number of aromatic nitrogens is 3. The predicted octanol–water partition coefficient (Wildman–Crippen LogP) is 2.86. The summed E-state index contributed by atoms with van der Waals surface area (Å²) in [5, 5.41) is 10.5. The highest BCUT2D eigenvalue weighted by molar-refractivity contribution is 7.16. The third-order valence-electron chi connectivity index (χ3n) is 3.87. The molecule has 6 nitrogen and oxygen atoms in total. The summed E-state index contributed by atoms with van der Waals surface area (Å²) < 4.78 is 0.785. The number of piperidine rings is 1. The normalized spacial score (nSPS) is 16.0. The average Bonchev–Trinajstić information content (AvgIpc) is 3.14. The Hall–Kier alpha value is -1.60. The van der Waals surface area contributed by atoms with Crippen LogP contribution in [-0.2, 0) is 11.3 Å². The summed E-state index contributed by atoms with van der Waals surface area (Å²) in [4.78, 5) is 18.9. The highest BCUT2D eigenvalue weighted by atomic mass is 35.5. The lowest BCUT2D eigenvalue weighted by molar-refractivity contribution is -0.129. The Labute approximate surface area is 137 Å². The van der Waals surface area contributed by atoms with Gasteiger partial charge in [-0.2, -0.15) is 10.1 Å². The zero-order valence-electron chi connectivity index (χ0n) is 12.3. The molecule has 1 aliphatic heterocycles. The van der Waals surface area contributed by atoms with Crippen molar-refractivity contribution in [2.24, 2.45) is 0 Å². The number of hydrogen-bond donors (Lipinski definition) is 2. The molecule has 3 heterocycles. The number of likely N-dealkylation sites (tertiary alicyclic amines) is 1. The monoisotopic (exact) mass is 339 g/mol. The first-order valence-corrected chi connectivity index (χ1v) is 8.47. The maximum absolute atomic E-state index is 11.3. The first-order valence-electron chi connectivity index (χ1n) is 7.27. The Bertz CT molecular complexity index is 647. The van der Waals surface area contributed by atoms with Gasteiger partial charge in [-0.3, -0.25) is 4.79 Å². The first-order chi connectivity index (χ1) is 10.6. The summed E-state index contributed by atoms with van der Waals surface area (Å²) >= 11 is 7.46. The SMILES string of the molecule is CC(=O)N1CCC(c2n[nH]c(NCc3ccc(Cl)s3)n2)CC1. The molecule has 22 heavy (non-hydrogen) atoms. The van der Waals surface area contributed by atoms with Crippen molar-refractivity contribution in [3.8, 4) is 0 Å². The maximum atomic E-state index is 11.3. The molecule has 0 aromatic carbocycles. The smallest absolute Gasteiger partial charge is 0.219 e. The second-order valence-electron chi connectivity index (χ2n) is 5.38. The largest absolute Gasteiger partial charge is 0.350 e. The van der Waals surface area contributed by atoms with Gasteiger partial charge < -0.3 is 10.2 Å². The Kier molecular flexibility index (Phi) is 4.63. The van der Waals surface area contributed by atoms with Gasteiger partial charge in [0.1, 0.15) is 0 Å². The minimum atomic E-state index is 0.144. The molecule has 3 rings (SSSR count). The third-order valence-corrected chi connectivity index (χ3v) is 5.10. The van der Waals surface area contributed by atoms with Gasteiger partial charge in [0.25, 0.3) is 0 Å². The molecule has 0 unspecified atom stereocenters. The van der Waals surface area contributed by atoms with E-state index in [2.05, 4.69) is 20.5 Å². The van der Waals surface area contributed by atoms with Gasteiger partial charge in [0.05, 0.1) is 10.9 Å². The van der Waals surface area contributed by atoms with Crippen molar-refractivity contribution in [2.75, 3.05) is 18.4 Å². The van der Waals surface area contributed by atoms with Crippen molar-refractivity contribution in [2.45, 2.75) is 32.2 Å². The summed E-state index contributed by atoms with van der Waals surface area (Å²) in [7, 11) is 0. The van der Waals surface area contributed by atoms with Crippen LogP contribution in [0.2, 0.25) is 4.34 Å². The zero-order valence-corrected chi connectivity index (χ0v) is 13.9.